The van der Waals surface area contributed by atoms with Gasteiger partial charge in [0.1, 0.15) is 6.67 Å². The number of para-hydroxylation sites is 1. The van der Waals surface area contributed by atoms with Gasteiger partial charge < -0.3 is 11.1 Å². The molecule has 0 fully saturated rings. The molecule has 6 aromatic carbocycles. The van der Waals surface area contributed by atoms with Crippen molar-refractivity contribution in [2.75, 3.05) is 12.0 Å². The van der Waals surface area contributed by atoms with E-state index in [1.165, 1.54) is 48.0 Å². The smallest absolute Gasteiger partial charge is 0.108 e. The number of anilines is 1. The van der Waals surface area contributed by atoms with E-state index in [0.717, 1.165) is 28.1 Å². The summed E-state index contributed by atoms with van der Waals surface area (Å²) >= 11 is 1.80. The zero-order valence-electron chi connectivity index (χ0n) is 26.5. The highest BCUT2D eigenvalue weighted by Crippen LogP contribution is 2.49. The fourth-order valence-corrected chi connectivity index (χ4v) is 8.21. The second-order valence-corrected chi connectivity index (χ2v) is 13.7. The molecule has 47 heavy (non-hydrogen) atoms. The minimum Gasteiger partial charge on any atom is -0.398 e. The van der Waals surface area contributed by atoms with E-state index in [4.69, 9.17) is 10.7 Å². The first-order valence-electron chi connectivity index (χ1n) is 16.0. The average Bonchev–Trinajstić information content (AvgIpc) is 3.60. The lowest BCUT2D eigenvalue weighted by atomic mass is 9.81. The standard InChI is InChI=1S/C43H35N3S/c1-43(2)36-20-9-6-16-31(36)32-24-23-29(25-37(32)43)30-15-7-10-21-39(30)45-27-46-40(26-38(44)28-13-4-3-5-14-28)35-19-12-18-34-33-17-8-11-22-41(33)47-42(34)35/h3-26,45H,27,44H2,1-2H3. The molecule has 0 spiro atoms. The lowest BCUT2D eigenvalue weighted by Gasteiger charge is -2.22. The van der Waals surface area contributed by atoms with E-state index >= 15 is 0 Å². The van der Waals surface area contributed by atoms with Crippen molar-refractivity contribution in [3.8, 4) is 22.3 Å². The van der Waals surface area contributed by atoms with Gasteiger partial charge in [-0.25, -0.2) is 0 Å². The van der Waals surface area contributed by atoms with Crippen LogP contribution >= 0.6 is 11.3 Å². The van der Waals surface area contributed by atoms with Gasteiger partial charge in [0.05, 0.1) is 5.71 Å². The first-order valence-corrected chi connectivity index (χ1v) is 16.9. The van der Waals surface area contributed by atoms with Crippen LogP contribution in [0.15, 0.2) is 151 Å². The Balaban J connectivity index is 1.16. The van der Waals surface area contributed by atoms with Crippen LogP contribution in [0.3, 0.4) is 0 Å². The average molecular weight is 626 g/mol. The highest BCUT2D eigenvalue weighted by atomic mass is 32.1. The summed E-state index contributed by atoms with van der Waals surface area (Å²) in [4.78, 5) is 5.17. The van der Waals surface area contributed by atoms with Gasteiger partial charge in [-0.2, -0.15) is 0 Å². The van der Waals surface area contributed by atoms with Crippen molar-refractivity contribution in [3.05, 3.63) is 168 Å². The van der Waals surface area contributed by atoms with Crippen LogP contribution in [0.5, 0.6) is 0 Å². The van der Waals surface area contributed by atoms with Crippen LogP contribution in [0.25, 0.3) is 48.1 Å². The molecule has 1 aromatic heterocycles. The predicted molar refractivity (Wildman–Crippen MR) is 202 cm³/mol. The number of fused-ring (bicyclic) bond motifs is 6. The molecule has 0 saturated heterocycles. The quantitative estimate of drug-likeness (QED) is 0.173. The number of nitrogens with one attached hydrogen (secondary N) is 1. The summed E-state index contributed by atoms with van der Waals surface area (Å²) in [6.45, 7) is 5.05. The molecule has 1 aliphatic carbocycles. The summed E-state index contributed by atoms with van der Waals surface area (Å²) in [5.41, 5.74) is 19.0. The van der Waals surface area contributed by atoms with Crippen molar-refractivity contribution < 1.29 is 0 Å². The molecular formula is C43H35N3S. The van der Waals surface area contributed by atoms with Gasteiger partial charge >= 0.3 is 0 Å². The highest BCUT2D eigenvalue weighted by molar-refractivity contribution is 7.26. The van der Waals surface area contributed by atoms with Crippen LogP contribution < -0.4 is 11.1 Å². The number of allylic oxidation sites excluding steroid dienone is 1. The first-order chi connectivity index (χ1) is 23.0. The van der Waals surface area contributed by atoms with Crippen molar-refractivity contribution in [1.29, 1.82) is 0 Å². The second-order valence-electron chi connectivity index (χ2n) is 12.6. The number of nitrogens with zero attached hydrogens (tertiary/aromatic N) is 1. The van der Waals surface area contributed by atoms with Crippen molar-refractivity contribution >= 4 is 48.6 Å². The Morgan fingerprint density at radius 1 is 0.702 bits per heavy atom. The molecule has 0 unspecified atom stereocenters. The summed E-state index contributed by atoms with van der Waals surface area (Å²) in [7, 11) is 0. The molecule has 4 heteroatoms. The molecule has 0 saturated carbocycles. The molecule has 7 aromatic rings. The van der Waals surface area contributed by atoms with Crippen LogP contribution in [-0.4, -0.2) is 12.4 Å². The number of benzene rings is 6. The molecule has 0 bridgehead atoms. The van der Waals surface area contributed by atoms with Crippen molar-refractivity contribution in [1.82, 2.24) is 0 Å². The molecule has 0 aliphatic heterocycles. The Morgan fingerprint density at radius 3 is 2.28 bits per heavy atom. The third kappa shape index (κ3) is 5.11. The van der Waals surface area contributed by atoms with Crippen molar-refractivity contribution in [2.24, 2.45) is 10.7 Å². The monoisotopic (exact) mass is 625 g/mol. The van der Waals surface area contributed by atoms with E-state index in [0.29, 0.717) is 12.4 Å². The lowest BCUT2D eigenvalue weighted by Crippen LogP contribution is -2.15. The maximum Gasteiger partial charge on any atom is 0.108 e. The van der Waals surface area contributed by atoms with Gasteiger partial charge in [-0.15, -0.1) is 11.3 Å². The number of thiophene rings is 1. The molecule has 1 aliphatic rings. The SMILES string of the molecule is CC1(C)c2ccccc2-c2ccc(-c3ccccc3NCN=C(C=C(N)c3ccccc3)c3cccc4c3sc3ccccc34)cc21. The van der Waals surface area contributed by atoms with Gasteiger partial charge in [0, 0.05) is 48.1 Å². The Bertz CT molecular complexity index is 2340. The number of nitrogens with two attached hydrogens (primary N) is 1. The fourth-order valence-electron chi connectivity index (χ4n) is 6.99. The number of hydrogen-bond acceptors (Lipinski definition) is 4. The summed E-state index contributed by atoms with van der Waals surface area (Å²) < 4.78 is 2.48. The van der Waals surface area contributed by atoms with Gasteiger partial charge in [0.15, 0.2) is 0 Å². The highest BCUT2D eigenvalue weighted by Gasteiger charge is 2.35. The van der Waals surface area contributed by atoms with E-state index in [-0.39, 0.29) is 5.41 Å². The van der Waals surface area contributed by atoms with Crippen LogP contribution in [0, 0.1) is 0 Å². The van der Waals surface area contributed by atoms with Gasteiger partial charge in [-0.1, -0.05) is 135 Å². The topological polar surface area (TPSA) is 50.4 Å². The molecule has 3 N–H and O–H groups in total. The minimum absolute atomic E-state index is 0.0534. The zero-order valence-corrected chi connectivity index (χ0v) is 27.3. The van der Waals surface area contributed by atoms with Gasteiger partial charge in [-0.05, 0) is 57.7 Å². The third-order valence-electron chi connectivity index (χ3n) is 9.42. The Morgan fingerprint density at radius 2 is 1.40 bits per heavy atom. The molecule has 0 radical (unpaired) electrons. The molecular weight excluding hydrogens is 591 g/mol. The summed E-state index contributed by atoms with van der Waals surface area (Å²) in [6.07, 6.45) is 2.02. The number of rotatable bonds is 7. The van der Waals surface area contributed by atoms with Crippen molar-refractivity contribution in [2.45, 2.75) is 19.3 Å². The van der Waals surface area contributed by atoms with Crippen LogP contribution in [-0.2, 0) is 5.41 Å². The fraction of sp³-hybridized carbons (Fsp3) is 0.0930. The summed E-state index contributed by atoms with van der Waals surface area (Å²) in [5, 5.41) is 6.15. The van der Waals surface area contributed by atoms with E-state index in [1.807, 2.05) is 36.4 Å². The zero-order chi connectivity index (χ0) is 32.0. The number of hydrogen-bond donors (Lipinski definition) is 2. The largest absolute Gasteiger partial charge is 0.398 e. The predicted octanol–water partition coefficient (Wildman–Crippen LogP) is 10.9. The molecule has 1 heterocycles. The van der Waals surface area contributed by atoms with E-state index in [2.05, 4.69) is 128 Å². The Hall–Kier alpha value is -5.45. The van der Waals surface area contributed by atoms with E-state index in [1.54, 1.807) is 11.3 Å². The van der Waals surface area contributed by atoms with Crippen LogP contribution in [0.2, 0.25) is 0 Å². The van der Waals surface area contributed by atoms with Gasteiger partial charge in [-0.3, -0.25) is 4.99 Å². The van der Waals surface area contributed by atoms with Crippen LogP contribution in [0.4, 0.5) is 5.69 Å². The third-order valence-corrected chi connectivity index (χ3v) is 10.6. The summed E-state index contributed by atoms with van der Waals surface area (Å²) in [6, 6.07) is 49.4. The first kappa shape index (κ1) is 29.0. The van der Waals surface area contributed by atoms with Crippen molar-refractivity contribution in [3.63, 3.8) is 0 Å². The lowest BCUT2D eigenvalue weighted by molar-refractivity contribution is 0.660. The maximum atomic E-state index is 6.70. The van der Waals surface area contributed by atoms with Crippen LogP contribution in [0.1, 0.15) is 36.1 Å². The number of aliphatic imine (C=N–C) groups is 1. The van der Waals surface area contributed by atoms with Gasteiger partial charge in [0.2, 0.25) is 0 Å². The van der Waals surface area contributed by atoms with E-state index in [9.17, 15) is 0 Å². The maximum absolute atomic E-state index is 6.70. The molecule has 8 rings (SSSR count). The summed E-state index contributed by atoms with van der Waals surface area (Å²) in [5.74, 6) is 0. The van der Waals surface area contributed by atoms with E-state index < -0.39 is 0 Å². The molecule has 0 amide bonds. The molecule has 3 nitrogen and oxygen atoms in total. The van der Waals surface area contributed by atoms with Gasteiger partial charge in [0.25, 0.3) is 0 Å². The Kier molecular flexibility index (Phi) is 7.23. The Labute approximate surface area is 279 Å². The molecule has 228 valence electrons. The molecule has 0 atom stereocenters. The minimum atomic E-state index is -0.0534. The normalized spacial score (nSPS) is 13.9. The second kappa shape index (κ2) is 11.7.